The number of benzene rings is 3. The largest absolute Gasteiger partial charge is 0.495 e. The maximum atomic E-state index is 12.6. The number of hydrogen-bond donors (Lipinski definition) is 2. The van der Waals surface area contributed by atoms with Crippen LogP contribution in [0.3, 0.4) is 0 Å². The van der Waals surface area contributed by atoms with E-state index < -0.39 is 5.91 Å². The molecule has 0 unspecified atom stereocenters. The van der Waals surface area contributed by atoms with Gasteiger partial charge >= 0.3 is 0 Å². The Morgan fingerprint density at radius 1 is 0.903 bits per heavy atom. The number of para-hydroxylation sites is 2. The summed E-state index contributed by atoms with van der Waals surface area (Å²) in [5.74, 6) is 0.485. The fourth-order valence-corrected chi connectivity index (χ4v) is 3.02. The Hall–Kier alpha value is -4.26. The van der Waals surface area contributed by atoms with Gasteiger partial charge in [-0.15, -0.1) is 0 Å². The Morgan fingerprint density at radius 2 is 1.68 bits per heavy atom. The average molecular weight is 416 g/mol. The molecule has 4 aromatic rings. The van der Waals surface area contributed by atoms with E-state index in [1.54, 1.807) is 42.5 Å². The minimum atomic E-state index is -0.397. The number of carbonyl (C=O) groups is 2. The van der Waals surface area contributed by atoms with Gasteiger partial charge in [-0.05, 0) is 42.5 Å². The number of furan rings is 1. The number of amides is 2. The first-order valence-corrected chi connectivity index (χ1v) is 9.58. The Kier molecular flexibility index (Phi) is 5.84. The lowest BCUT2D eigenvalue weighted by Crippen LogP contribution is -2.20. The van der Waals surface area contributed by atoms with Crippen molar-refractivity contribution in [1.29, 1.82) is 0 Å². The maximum absolute atomic E-state index is 12.6. The van der Waals surface area contributed by atoms with Crippen molar-refractivity contribution in [2.45, 2.75) is 0 Å². The molecule has 0 radical (unpaired) electrons. The third kappa shape index (κ3) is 4.84. The summed E-state index contributed by atoms with van der Waals surface area (Å²) in [6, 6.07) is 23.0. The topological polar surface area (TPSA) is 89.8 Å². The van der Waals surface area contributed by atoms with Crippen LogP contribution in [0.5, 0.6) is 11.5 Å². The molecular formula is C24H20N2O5. The molecule has 0 bridgehead atoms. The number of hydrogen-bond acceptors (Lipinski definition) is 5. The summed E-state index contributed by atoms with van der Waals surface area (Å²) in [5, 5.41) is 6.36. The Labute approximate surface area is 178 Å². The van der Waals surface area contributed by atoms with Gasteiger partial charge in [0.15, 0.2) is 12.4 Å². The molecule has 0 aliphatic rings. The van der Waals surface area contributed by atoms with Crippen LogP contribution in [0.1, 0.15) is 10.6 Å². The molecule has 1 aromatic heterocycles. The van der Waals surface area contributed by atoms with Crippen molar-refractivity contribution in [3.63, 3.8) is 0 Å². The Balaban J connectivity index is 1.45. The van der Waals surface area contributed by atoms with Crippen LogP contribution in [-0.4, -0.2) is 25.5 Å². The van der Waals surface area contributed by atoms with Gasteiger partial charge in [-0.3, -0.25) is 9.59 Å². The summed E-state index contributed by atoms with van der Waals surface area (Å²) in [7, 11) is 1.50. The summed E-state index contributed by atoms with van der Waals surface area (Å²) >= 11 is 0. The van der Waals surface area contributed by atoms with E-state index in [9.17, 15) is 9.59 Å². The highest BCUT2D eigenvalue weighted by Crippen LogP contribution is 2.28. The number of ether oxygens (including phenoxy) is 2. The molecule has 0 aliphatic heterocycles. The molecule has 31 heavy (non-hydrogen) atoms. The van der Waals surface area contributed by atoms with Crippen LogP contribution in [0.4, 0.5) is 11.4 Å². The van der Waals surface area contributed by atoms with Crippen molar-refractivity contribution < 1.29 is 23.5 Å². The molecule has 0 saturated carbocycles. The summed E-state index contributed by atoms with van der Waals surface area (Å²) in [5.41, 5.74) is 1.52. The highest BCUT2D eigenvalue weighted by molar-refractivity contribution is 6.05. The van der Waals surface area contributed by atoms with Gasteiger partial charge in [0.25, 0.3) is 11.8 Å². The standard InChI is InChI=1S/C24H20N2O5/c1-29-21-12-11-17(25-24(28)22-13-16-7-5-6-10-20(16)31-22)14-19(21)26-23(27)15-30-18-8-3-2-4-9-18/h2-14H,15H2,1H3,(H,25,28)(H,26,27). The van der Waals surface area contributed by atoms with Crippen LogP contribution in [0.25, 0.3) is 11.0 Å². The summed E-state index contributed by atoms with van der Waals surface area (Å²) in [6.07, 6.45) is 0. The Bertz CT molecular complexity index is 1180. The molecule has 0 spiro atoms. The van der Waals surface area contributed by atoms with Gasteiger partial charge in [0.1, 0.15) is 17.1 Å². The van der Waals surface area contributed by atoms with E-state index in [0.717, 1.165) is 5.39 Å². The third-order valence-corrected chi connectivity index (χ3v) is 4.49. The smallest absolute Gasteiger partial charge is 0.291 e. The predicted octanol–water partition coefficient (Wildman–Crippen LogP) is 4.71. The molecule has 2 amide bonds. The van der Waals surface area contributed by atoms with Gasteiger partial charge in [-0.25, -0.2) is 0 Å². The van der Waals surface area contributed by atoms with Gasteiger partial charge < -0.3 is 24.5 Å². The number of methoxy groups -OCH3 is 1. The fourth-order valence-electron chi connectivity index (χ4n) is 3.02. The lowest BCUT2D eigenvalue weighted by Gasteiger charge is -2.13. The maximum Gasteiger partial charge on any atom is 0.291 e. The van der Waals surface area contributed by atoms with Crippen molar-refractivity contribution >= 4 is 34.2 Å². The molecule has 2 N–H and O–H groups in total. The highest BCUT2D eigenvalue weighted by Gasteiger charge is 2.15. The quantitative estimate of drug-likeness (QED) is 0.455. The van der Waals surface area contributed by atoms with E-state index in [-0.39, 0.29) is 18.3 Å². The van der Waals surface area contributed by atoms with Gasteiger partial charge in [0, 0.05) is 11.1 Å². The second kappa shape index (κ2) is 9.04. The minimum Gasteiger partial charge on any atom is -0.495 e. The second-order valence-corrected chi connectivity index (χ2v) is 6.67. The Morgan fingerprint density at radius 3 is 2.45 bits per heavy atom. The third-order valence-electron chi connectivity index (χ3n) is 4.49. The SMILES string of the molecule is COc1ccc(NC(=O)c2cc3ccccc3o2)cc1NC(=O)COc1ccccc1. The second-order valence-electron chi connectivity index (χ2n) is 6.67. The monoisotopic (exact) mass is 416 g/mol. The molecule has 0 fully saturated rings. The van der Waals surface area contributed by atoms with E-state index in [2.05, 4.69) is 10.6 Å². The zero-order chi connectivity index (χ0) is 21.6. The number of fused-ring (bicyclic) bond motifs is 1. The van der Waals surface area contributed by atoms with Crippen molar-refractivity contribution in [1.82, 2.24) is 0 Å². The molecule has 0 aliphatic carbocycles. The summed E-state index contributed by atoms with van der Waals surface area (Å²) < 4.78 is 16.4. The van der Waals surface area contributed by atoms with E-state index in [0.29, 0.717) is 28.5 Å². The number of rotatable bonds is 7. The lowest BCUT2D eigenvalue weighted by atomic mass is 10.2. The lowest BCUT2D eigenvalue weighted by molar-refractivity contribution is -0.118. The molecule has 0 atom stereocenters. The predicted molar refractivity (Wildman–Crippen MR) is 118 cm³/mol. The van der Waals surface area contributed by atoms with Crippen molar-refractivity contribution in [2.24, 2.45) is 0 Å². The first-order chi connectivity index (χ1) is 15.1. The van der Waals surface area contributed by atoms with Crippen LogP contribution >= 0.6 is 0 Å². The minimum absolute atomic E-state index is 0.164. The number of carbonyl (C=O) groups excluding carboxylic acids is 2. The molecule has 1 heterocycles. The zero-order valence-corrected chi connectivity index (χ0v) is 16.8. The van der Waals surface area contributed by atoms with Crippen molar-refractivity contribution in [3.05, 3.63) is 84.6 Å². The highest BCUT2D eigenvalue weighted by atomic mass is 16.5. The van der Waals surface area contributed by atoms with Crippen LogP contribution in [-0.2, 0) is 4.79 Å². The van der Waals surface area contributed by atoms with E-state index in [1.165, 1.54) is 7.11 Å². The van der Waals surface area contributed by atoms with E-state index >= 15 is 0 Å². The van der Waals surface area contributed by atoms with Crippen LogP contribution in [0, 0.1) is 0 Å². The molecule has 3 aromatic carbocycles. The van der Waals surface area contributed by atoms with Crippen LogP contribution in [0.15, 0.2) is 83.3 Å². The molecule has 7 nitrogen and oxygen atoms in total. The zero-order valence-electron chi connectivity index (χ0n) is 16.8. The van der Waals surface area contributed by atoms with Gasteiger partial charge in [-0.2, -0.15) is 0 Å². The summed E-state index contributed by atoms with van der Waals surface area (Å²) in [4.78, 5) is 24.9. The summed E-state index contributed by atoms with van der Waals surface area (Å²) in [6.45, 7) is -0.164. The number of nitrogens with one attached hydrogen (secondary N) is 2. The van der Waals surface area contributed by atoms with Crippen LogP contribution < -0.4 is 20.1 Å². The van der Waals surface area contributed by atoms with Crippen LogP contribution in [0.2, 0.25) is 0 Å². The van der Waals surface area contributed by atoms with E-state index in [4.69, 9.17) is 13.9 Å². The van der Waals surface area contributed by atoms with Gasteiger partial charge in [-0.1, -0.05) is 36.4 Å². The number of anilines is 2. The van der Waals surface area contributed by atoms with Gasteiger partial charge in [0.05, 0.1) is 12.8 Å². The first-order valence-electron chi connectivity index (χ1n) is 9.58. The molecule has 0 saturated heterocycles. The van der Waals surface area contributed by atoms with E-state index in [1.807, 2.05) is 36.4 Å². The average Bonchev–Trinajstić information content (AvgIpc) is 3.23. The molecule has 156 valence electrons. The van der Waals surface area contributed by atoms with Crippen molar-refractivity contribution in [2.75, 3.05) is 24.4 Å². The van der Waals surface area contributed by atoms with Crippen molar-refractivity contribution in [3.8, 4) is 11.5 Å². The first kappa shape index (κ1) is 20.0. The molecule has 7 heteroatoms. The molecular weight excluding hydrogens is 396 g/mol. The molecule has 4 rings (SSSR count). The fraction of sp³-hybridized carbons (Fsp3) is 0.0833. The van der Waals surface area contributed by atoms with Gasteiger partial charge in [0.2, 0.25) is 0 Å². The normalized spacial score (nSPS) is 10.5.